The molecule has 0 saturated heterocycles. The standard InChI is InChI=1S/C32H36N4O8/c1-33-31(43)26(18-21-11-12-22-5-2-3-6-24(22)17-21)36-30(42)23-13-9-20(10-14-23)19-34-32(44)25(15-16-29(40)41)35-27(37)7-4-8-28(38)39/h2-3,5-6,9-14,17,25-26H,4,7-8,15-16,18-19H2,1H3,(H,33,43)(H,34,44)(H,35,37)(H,36,42)(H,38,39)(H,40,41). The van der Waals surface area contributed by atoms with E-state index >= 15 is 0 Å². The zero-order chi connectivity index (χ0) is 32.1. The molecule has 12 heteroatoms. The number of rotatable bonds is 16. The summed E-state index contributed by atoms with van der Waals surface area (Å²) in [7, 11) is 1.50. The number of benzene rings is 3. The smallest absolute Gasteiger partial charge is 0.303 e. The molecule has 232 valence electrons. The second-order valence-electron chi connectivity index (χ2n) is 10.2. The van der Waals surface area contributed by atoms with Crippen molar-refractivity contribution in [3.8, 4) is 0 Å². The number of carboxylic acids is 2. The quantitative estimate of drug-likeness (QED) is 0.143. The summed E-state index contributed by atoms with van der Waals surface area (Å²) in [4.78, 5) is 72.2. The molecule has 44 heavy (non-hydrogen) atoms. The third-order valence-corrected chi connectivity index (χ3v) is 6.90. The highest BCUT2D eigenvalue weighted by atomic mass is 16.4. The lowest BCUT2D eigenvalue weighted by Gasteiger charge is -2.19. The maximum Gasteiger partial charge on any atom is 0.303 e. The van der Waals surface area contributed by atoms with Gasteiger partial charge < -0.3 is 31.5 Å². The first-order valence-corrected chi connectivity index (χ1v) is 14.2. The van der Waals surface area contributed by atoms with Gasteiger partial charge in [-0.05, 0) is 46.9 Å². The van der Waals surface area contributed by atoms with Gasteiger partial charge in [0.05, 0.1) is 0 Å². The van der Waals surface area contributed by atoms with E-state index in [1.165, 1.54) is 7.05 Å². The number of hydrogen-bond acceptors (Lipinski definition) is 6. The highest BCUT2D eigenvalue weighted by molar-refractivity contribution is 5.97. The Morgan fingerprint density at radius 3 is 2.02 bits per heavy atom. The third-order valence-electron chi connectivity index (χ3n) is 6.90. The van der Waals surface area contributed by atoms with Crippen molar-refractivity contribution in [1.29, 1.82) is 0 Å². The Bertz CT molecular complexity index is 1510. The molecule has 3 rings (SSSR count). The summed E-state index contributed by atoms with van der Waals surface area (Å²) in [6.07, 6.45) is -0.437. The van der Waals surface area contributed by atoms with Crippen LogP contribution in [0.15, 0.2) is 66.7 Å². The Balaban J connectivity index is 1.58. The van der Waals surface area contributed by atoms with Crippen molar-refractivity contribution >= 4 is 46.3 Å². The van der Waals surface area contributed by atoms with E-state index in [0.717, 1.165) is 16.3 Å². The van der Waals surface area contributed by atoms with E-state index in [1.807, 2.05) is 42.5 Å². The van der Waals surface area contributed by atoms with Crippen LogP contribution in [0.25, 0.3) is 10.8 Å². The molecule has 0 radical (unpaired) electrons. The first kappa shape index (κ1) is 33.2. The van der Waals surface area contributed by atoms with Crippen LogP contribution < -0.4 is 21.3 Å². The minimum Gasteiger partial charge on any atom is -0.481 e. The lowest BCUT2D eigenvalue weighted by atomic mass is 10.0. The number of carbonyl (C=O) groups is 6. The predicted molar refractivity (Wildman–Crippen MR) is 162 cm³/mol. The van der Waals surface area contributed by atoms with Gasteiger partial charge >= 0.3 is 11.9 Å². The average molecular weight is 605 g/mol. The van der Waals surface area contributed by atoms with E-state index in [0.29, 0.717) is 17.5 Å². The summed E-state index contributed by atoms with van der Waals surface area (Å²) < 4.78 is 0. The van der Waals surface area contributed by atoms with Crippen molar-refractivity contribution in [3.05, 3.63) is 83.4 Å². The largest absolute Gasteiger partial charge is 0.481 e. The van der Waals surface area contributed by atoms with Crippen molar-refractivity contribution in [3.63, 3.8) is 0 Å². The molecule has 2 atom stereocenters. The van der Waals surface area contributed by atoms with Gasteiger partial charge in [0.1, 0.15) is 12.1 Å². The molecular weight excluding hydrogens is 568 g/mol. The molecule has 0 heterocycles. The number of hydrogen-bond donors (Lipinski definition) is 6. The van der Waals surface area contributed by atoms with Crippen LogP contribution in [0.2, 0.25) is 0 Å². The number of nitrogens with one attached hydrogen (secondary N) is 4. The van der Waals surface area contributed by atoms with Crippen molar-refractivity contribution in [1.82, 2.24) is 21.3 Å². The molecule has 0 saturated carbocycles. The molecule has 12 nitrogen and oxygen atoms in total. The first-order valence-electron chi connectivity index (χ1n) is 14.2. The van der Waals surface area contributed by atoms with Gasteiger partial charge in [0.25, 0.3) is 5.91 Å². The molecule has 4 amide bonds. The maximum atomic E-state index is 13.0. The van der Waals surface area contributed by atoms with Crippen LogP contribution in [0.5, 0.6) is 0 Å². The summed E-state index contributed by atoms with van der Waals surface area (Å²) >= 11 is 0. The molecule has 3 aromatic carbocycles. The minimum atomic E-state index is -1.13. The predicted octanol–water partition coefficient (Wildman–Crippen LogP) is 2.15. The number of likely N-dealkylation sites (N-methyl/N-ethyl adjacent to an activating group) is 1. The first-order chi connectivity index (χ1) is 21.0. The second kappa shape index (κ2) is 16.4. The molecule has 0 aliphatic rings. The topological polar surface area (TPSA) is 191 Å². The Kier molecular flexibility index (Phi) is 12.4. The summed E-state index contributed by atoms with van der Waals surface area (Å²) in [5, 5.41) is 30.3. The number of aliphatic carboxylic acids is 2. The highest BCUT2D eigenvalue weighted by Gasteiger charge is 2.23. The molecule has 3 aromatic rings. The number of carboxylic acid groups (broad SMARTS) is 2. The fraction of sp³-hybridized carbons (Fsp3) is 0.312. The molecule has 6 N–H and O–H groups in total. The van der Waals surface area contributed by atoms with E-state index in [-0.39, 0.29) is 44.6 Å². The van der Waals surface area contributed by atoms with E-state index in [9.17, 15) is 28.8 Å². The van der Waals surface area contributed by atoms with Crippen LogP contribution in [-0.2, 0) is 36.9 Å². The number of amides is 4. The minimum absolute atomic E-state index is 0.0437. The van der Waals surface area contributed by atoms with Crippen LogP contribution >= 0.6 is 0 Å². The Hall–Kier alpha value is -5.26. The van der Waals surface area contributed by atoms with Crippen LogP contribution in [-0.4, -0.2) is 64.9 Å². The normalized spacial score (nSPS) is 12.0. The Morgan fingerprint density at radius 1 is 0.705 bits per heavy atom. The monoisotopic (exact) mass is 604 g/mol. The zero-order valence-corrected chi connectivity index (χ0v) is 24.3. The molecule has 2 unspecified atom stereocenters. The maximum absolute atomic E-state index is 13.0. The van der Waals surface area contributed by atoms with Crippen molar-refractivity contribution in [2.75, 3.05) is 7.05 Å². The van der Waals surface area contributed by atoms with Gasteiger partial charge in [-0.3, -0.25) is 28.8 Å². The van der Waals surface area contributed by atoms with E-state index in [4.69, 9.17) is 10.2 Å². The third kappa shape index (κ3) is 10.5. The summed E-state index contributed by atoms with van der Waals surface area (Å²) in [6, 6.07) is 18.2. The van der Waals surface area contributed by atoms with Crippen molar-refractivity contribution < 1.29 is 39.0 Å². The number of fused-ring (bicyclic) bond motifs is 1. The van der Waals surface area contributed by atoms with Gasteiger partial charge in [-0.1, -0.05) is 54.6 Å². The lowest BCUT2D eigenvalue weighted by Crippen LogP contribution is -2.47. The van der Waals surface area contributed by atoms with Crippen LogP contribution in [0.4, 0.5) is 0 Å². The van der Waals surface area contributed by atoms with Gasteiger partial charge in [0.15, 0.2) is 0 Å². The average Bonchev–Trinajstić information content (AvgIpc) is 3.01. The van der Waals surface area contributed by atoms with Crippen LogP contribution in [0, 0.1) is 0 Å². The molecule has 0 aromatic heterocycles. The van der Waals surface area contributed by atoms with Crippen LogP contribution in [0.3, 0.4) is 0 Å². The van der Waals surface area contributed by atoms with Crippen LogP contribution in [0.1, 0.15) is 53.6 Å². The van der Waals surface area contributed by atoms with Crippen molar-refractivity contribution in [2.24, 2.45) is 0 Å². The zero-order valence-electron chi connectivity index (χ0n) is 24.3. The van der Waals surface area contributed by atoms with E-state index in [1.54, 1.807) is 24.3 Å². The van der Waals surface area contributed by atoms with E-state index < -0.39 is 41.7 Å². The van der Waals surface area contributed by atoms with E-state index in [2.05, 4.69) is 21.3 Å². The van der Waals surface area contributed by atoms with Gasteiger partial charge in [0.2, 0.25) is 17.7 Å². The lowest BCUT2D eigenvalue weighted by molar-refractivity contribution is -0.139. The van der Waals surface area contributed by atoms with Gasteiger partial charge in [-0.15, -0.1) is 0 Å². The number of carbonyl (C=O) groups excluding carboxylic acids is 4. The van der Waals surface area contributed by atoms with Gasteiger partial charge in [-0.25, -0.2) is 0 Å². The molecule has 0 spiro atoms. The SMILES string of the molecule is CNC(=O)C(Cc1ccc2ccccc2c1)NC(=O)c1ccc(CNC(=O)C(CCC(=O)O)NC(=O)CCCC(=O)O)cc1. The summed E-state index contributed by atoms with van der Waals surface area (Å²) in [5.74, 6) is -4.11. The summed E-state index contributed by atoms with van der Waals surface area (Å²) in [6.45, 7) is 0.0437. The fourth-order valence-corrected chi connectivity index (χ4v) is 4.52. The molecule has 0 aliphatic carbocycles. The highest BCUT2D eigenvalue weighted by Crippen LogP contribution is 2.17. The van der Waals surface area contributed by atoms with Gasteiger partial charge in [-0.2, -0.15) is 0 Å². The molecular formula is C32H36N4O8. The summed E-state index contributed by atoms with van der Waals surface area (Å²) in [5.41, 5.74) is 1.83. The molecule has 0 fully saturated rings. The molecule has 0 aliphatic heterocycles. The second-order valence-corrected chi connectivity index (χ2v) is 10.2. The van der Waals surface area contributed by atoms with Gasteiger partial charge in [0, 0.05) is 44.8 Å². The van der Waals surface area contributed by atoms with Crippen molar-refractivity contribution in [2.45, 2.75) is 57.2 Å². The molecule has 0 bridgehead atoms. The Labute approximate surface area is 254 Å². The Morgan fingerprint density at radius 2 is 1.36 bits per heavy atom. The fourth-order valence-electron chi connectivity index (χ4n) is 4.52.